The molecule has 23 heavy (non-hydrogen) atoms. The Balaban J connectivity index is 1.90. The van der Waals surface area contributed by atoms with Crippen LogP contribution in [0, 0.1) is 6.92 Å². The first-order valence-electron chi connectivity index (χ1n) is 7.63. The number of nitrogens with zero attached hydrogens (tertiary/aromatic N) is 4. The molecule has 0 aliphatic carbocycles. The number of aromatic nitrogens is 2. The largest absolute Gasteiger partial charge is 0.399 e. The van der Waals surface area contributed by atoms with E-state index in [0.717, 1.165) is 52.7 Å². The highest BCUT2D eigenvalue weighted by Crippen LogP contribution is 2.36. The lowest BCUT2D eigenvalue weighted by atomic mass is 9.95. The number of aliphatic imine (C=N–C) groups is 1. The Hall–Kier alpha value is -2.89. The van der Waals surface area contributed by atoms with E-state index in [-0.39, 0.29) is 0 Å². The van der Waals surface area contributed by atoms with Crippen LogP contribution in [-0.2, 0) is 0 Å². The third-order valence-corrected chi connectivity index (χ3v) is 4.20. The molecule has 0 saturated carbocycles. The van der Waals surface area contributed by atoms with Gasteiger partial charge in [0, 0.05) is 36.6 Å². The Kier molecular flexibility index (Phi) is 3.04. The van der Waals surface area contributed by atoms with E-state index in [0.29, 0.717) is 5.95 Å². The summed E-state index contributed by atoms with van der Waals surface area (Å²) in [5, 5.41) is 2.99. The normalized spacial score (nSPS) is 15.7. The van der Waals surface area contributed by atoms with E-state index in [1.807, 2.05) is 25.4 Å². The van der Waals surface area contributed by atoms with E-state index in [4.69, 9.17) is 10.7 Å². The highest BCUT2D eigenvalue weighted by molar-refractivity contribution is 6.35. The maximum absolute atomic E-state index is 5.89. The Morgan fingerprint density at radius 3 is 2.96 bits per heavy atom. The van der Waals surface area contributed by atoms with Crippen LogP contribution in [0.2, 0.25) is 0 Å². The summed E-state index contributed by atoms with van der Waals surface area (Å²) in [4.78, 5) is 15.8. The zero-order valence-electron chi connectivity index (χ0n) is 13.2. The number of nitrogens with two attached hydrogens (primary N) is 1. The van der Waals surface area contributed by atoms with Crippen molar-refractivity contribution in [2.24, 2.45) is 4.99 Å². The number of rotatable bonds is 2. The van der Waals surface area contributed by atoms with E-state index in [1.165, 1.54) is 0 Å². The molecule has 4 rings (SSSR count). The van der Waals surface area contributed by atoms with Gasteiger partial charge in [0.2, 0.25) is 5.95 Å². The molecule has 0 unspecified atom stereocenters. The van der Waals surface area contributed by atoms with E-state index >= 15 is 0 Å². The number of nitrogens with one attached hydrogen (secondary N) is 1. The number of amidine groups is 1. The van der Waals surface area contributed by atoms with Gasteiger partial charge in [-0.2, -0.15) is 4.98 Å². The molecule has 0 bridgehead atoms. The molecule has 116 valence electrons. The number of benzene rings is 1. The second-order valence-electron chi connectivity index (χ2n) is 5.71. The molecule has 1 aromatic carbocycles. The summed E-state index contributed by atoms with van der Waals surface area (Å²) in [6.45, 7) is 3.69. The zero-order valence-corrected chi connectivity index (χ0v) is 13.2. The number of nitrogen functional groups attached to an aromatic ring is 1. The topological polar surface area (TPSA) is 79.4 Å². The fraction of sp³-hybridized carbons (Fsp3) is 0.235. The van der Waals surface area contributed by atoms with Gasteiger partial charge in [-0.1, -0.05) is 6.07 Å². The van der Waals surface area contributed by atoms with E-state index < -0.39 is 0 Å². The summed E-state index contributed by atoms with van der Waals surface area (Å²) in [6.07, 6.45) is 3.98. The molecular weight excluding hydrogens is 288 g/mol. The molecule has 6 nitrogen and oxygen atoms in total. The molecule has 6 heteroatoms. The minimum Gasteiger partial charge on any atom is -0.399 e. The lowest BCUT2D eigenvalue weighted by molar-refractivity contribution is 0.985. The zero-order chi connectivity index (χ0) is 16.0. The molecule has 2 aliphatic rings. The monoisotopic (exact) mass is 306 g/mol. The van der Waals surface area contributed by atoms with Gasteiger partial charge in [0.1, 0.15) is 11.7 Å². The fourth-order valence-electron chi connectivity index (χ4n) is 3.11. The molecule has 0 saturated heterocycles. The minimum absolute atomic E-state index is 0.621. The van der Waals surface area contributed by atoms with E-state index in [1.54, 1.807) is 0 Å². The predicted octanol–water partition coefficient (Wildman–Crippen LogP) is 2.18. The van der Waals surface area contributed by atoms with E-state index in [2.05, 4.69) is 39.3 Å². The van der Waals surface area contributed by atoms with Crippen LogP contribution in [0.15, 0.2) is 29.4 Å². The van der Waals surface area contributed by atoms with Gasteiger partial charge in [-0.25, -0.2) is 4.98 Å². The Labute approximate surface area is 134 Å². The Morgan fingerprint density at radius 2 is 2.17 bits per heavy atom. The van der Waals surface area contributed by atoms with Crippen molar-refractivity contribution in [1.82, 2.24) is 9.97 Å². The van der Waals surface area contributed by atoms with Gasteiger partial charge in [0.05, 0.1) is 6.54 Å². The molecule has 0 radical (unpaired) electrons. The van der Waals surface area contributed by atoms with Gasteiger partial charge in [-0.05, 0) is 36.3 Å². The second-order valence-corrected chi connectivity index (χ2v) is 5.71. The third-order valence-electron chi connectivity index (χ3n) is 4.20. The van der Waals surface area contributed by atoms with Crippen molar-refractivity contribution in [3.63, 3.8) is 0 Å². The van der Waals surface area contributed by atoms with Crippen molar-refractivity contribution in [3.8, 4) is 0 Å². The van der Waals surface area contributed by atoms with Crippen LogP contribution in [0.25, 0.3) is 11.6 Å². The molecule has 0 spiro atoms. The van der Waals surface area contributed by atoms with Crippen LogP contribution in [-0.4, -0.2) is 35.9 Å². The number of aryl methyl sites for hydroxylation is 1. The van der Waals surface area contributed by atoms with Crippen LogP contribution in [0.3, 0.4) is 0 Å². The van der Waals surface area contributed by atoms with Crippen molar-refractivity contribution in [1.29, 1.82) is 0 Å². The predicted molar refractivity (Wildman–Crippen MR) is 94.7 cm³/mol. The molecule has 0 atom stereocenters. The smallest absolute Gasteiger partial charge is 0.224 e. The molecule has 2 aliphatic heterocycles. The van der Waals surface area contributed by atoms with Gasteiger partial charge in [-0.15, -0.1) is 0 Å². The molecule has 0 amide bonds. The maximum atomic E-state index is 5.89. The summed E-state index contributed by atoms with van der Waals surface area (Å²) in [7, 11) is 1.82. The van der Waals surface area contributed by atoms with Crippen LogP contribution in [0.5, 0.6) is 0 Å². The van der Waals surface area contributed by atoms with Crippen LogP contribution >= 0.6 is 0 Å². The molecule has 3 N–H and O–H groups in total. The van der Waals surface area contributed by atoms with Crippen molar-refractivity contribution in [2.75, 3.05) is 36.1 Å². The van der Waals surface area contributed by atoms with Crippen LogP contribution in [0.1, 0.15) is 16.7 Å². The van der Waals surface area contributed by atoms with Crippen molar-refractivity contribution < 1.29 is 0 Å². The summed E-state index contributed by atoms with van der Waals surface area (Å²) < 4.78 is 0. The number of hydrogen-bond donors (Lipinski definition) is 2. The number of fused-ring (bicyclic) bond motifs is 3. The Morgan fingerprint density at radius 1 is 1.30 bits per heavy atom. The first-order chi connectivity index (χ1) is 11.2. The molecule has 3 heterocycles. The first-order valence-corrected chi connectivity index (χ1v) is 7.63. The van der Waals surface area contributed by atoms with Crippen LogP contribution < -0.4 is 16.0 Å². The minimum atomic E-state index is 0.621. The highest BCUT2D eigenvalue weighted by atomic mass is 15.3. The summed E-state index contributed by atoms with van der Waals surface area (Å²) in [5.74, 6) is 2.51. The van der Waals surface area contributed by atoms with Gasteiger partial charge in [-0.3, -0.25) is 4.99 Å². The van der Waals surface area contributed by atoms with Crippen molar-refractivity contribution >= 4 is 34.9 Å². The summed E-state index contributed by atoms with van der Waals surface area (Å²) >= 11 is 0. The molecule has 0 fully saturated rings. The molecule has 1 aromatic heterocycles. The van der Waals surface area contributed by atoms with Gasteiger partial charge in [0.25, 0.3) is 0 Å². The fourth-order valence-corrected chi connectivity index (χ4v) is 3.11. The van der Waals surface area contributed by atoms with Gasteiger partial charge in [0.15, 0.2) is 0 Å². The Bertz CT molecular complexity index is 852. The second kappa shape index (κ2) is 5.08. The lowest BCUT2D eigenvalue weighted by Gasteiger charge is -2.28. The van der Waals surface area contributed by atoms with Crippen LogP contribution in [0.4, 0.5) is 17.5 Å². The average molecular weight is 306 g/mol. The third kappa shape index (κ3) is 2.14. The van der Waals surface area contributed by atoms with Gasteiger partial charge >= 0.3 is 0 Å². The maximum Gasteiger partial charge on any atom is 0.224 e. The van der Waals surface area contributed by atoms with E-state index in [9.17, 15) is 0 Å². The molecule has 2 aromatic rings. The quantitative estimate of drug-likeness (QED) is 0.831. The number of hydrogen-bond acceptors (Lipinski definition) is 6. The highest BCUT2D eigenvalue weighted by Gasteiger charge is 2.30. The summed E-state index contributed by atoms with van der Waals surface area (Å²) in [6, 6.07) is 5.98. The van der Waals surface area contributed by atoms with Crippen molar-refractivity contribution in [2.45, 2.75) is 6.92 Å². The number of anilines is 3. The van der Waals surface area contributed by atoms with Gasteiger partial charge < -0.3 is 16.0 Å². The average Bonchev–Trinajstić information content (AvgIpc) is 3.04. The summed E-state index contributed by atoms with van der Waals surface area (Å²) in [5.41, 5.74) is 11.1. The first kappa shape index (κ1) is 13.8. The lowest BCUT2D eigenvalue weighted by Crippen LogP contribution is -2.32. The standard InChI is InChI=1S/C17H18N6/c1-10-7-12(18)3-4-13(10)14-8-11-9-21-17(19-2)22-15(11)23-6-5-20-16(14)23/h3-4,7-9H,5-6,18H2,1-2H3,(H,19,21,22). The SMILES string of the molecule is CNc1ncc2c(n1)N1CCN=C1C(c1ccc(N)cc1C)=C2. The van der Waals surface area contributed by atoms with Crippen molar-refractivity contribution in [3.05, 3.63) is 41.1 Å². The molecular formula is C17H18N6.